The summed E-state index contributed by atoms with van der Waals surface area (Å²) < 4.78 is 5.05. The van der Waals surface area contributed by atoms with Crippen LogP contribution in [0.5, 0.6) is 0 Å². The van der Waals surface area contributed by atoms with E-state index >= 15 is 0 Å². The second-order valence-corrected chi connectivity index (χ2v) is 3.07. The highest BCUT2D eigenvalue weighted by molar-refractivity contribution is 5.91. The van der Waals surface area contributed by atoms with Crippen LogP contribution < -0.4 is 0 Å². The number of ketones is 1. The minimum atomic E-state index is -0.214. The first-order chi connectivity index (χ1) is 4.09. The lowest BCUT2D eigenvalue weighted by molar-refractivity contribution is -0.154. The summed E-state index contributed by atoms with van der Waals surface area (Å²) in [6.07, 6.45) is 0.758. The van der Waals surface area contributed by atoms with Crippen LogP contribution in [-0.2, 0) is 9.53 Å². The number of ether oxygens (including phenoxy) is 1. The van der Waals surface area contributed by atoms with Crippen LogP contribution in [0.1, 0.15) is 20.3 Å². The highest BCUT2D eigenvalue weighted by atomic mass is 16.5. The van der Waals surface area contributed by atoms with Gasteiger partial charge >= 0.3 is 0 Å². The Bertz CT molecular complexity index is 138. The Morgan fingerprint density at radius 1 is 1.67 bits per heavy atom. The minimum Gasteiger partial charge on any atom is -0.380 e. The Morgan fingerprint density at radius 2 is 2.22 bits per heavy atom. The van der Waals surface area contributed by atoms with Crippen LogP contribution in [0, 0.1) is 5.41 Å². The molecule has 1 atom stereocenters. The molecular formula is C7H12O2. The predicted octanol–water partition coefficient (Wildman–Crippen LogP) is 1.00. The highest BCUT2D eigenvalue weighted by Crippen LogP contribution is 2.37. The molecule has 0 aromatic rings. The third kappa shape index (κ3) is 0.778. The van der Waals surface area contributed by atoms with Gasteiger partial charge in [-0.2, -0.15) is 0 Å². The smallest absolute Gasteiger partial charge is 0.143 e. The maximum Gasteiger partial charge on any atom is 0.143 e. The molecule has 1 unspecified atom stereocenters. The molecule has 9 heavy (non-hydrogen) atoms. The molecule has 0 N–H and O–H groups in total. The Hall–Kier alpha value is -0.370. The van der Waals surface area contributed by atoms with Gasteiger partial charge in [-0.05, 0) is 0 Å². The van der Waals surface area contributed by atoms with Crippen LogP contribution in [0.4, 0.5) is 0 Å². The number of hydrogen-bond donors (Lipinski definition) is 0. The van der Waals surface area contributed by atoms with Gasteiger partial charge in [0.1, 0.15) is 5.78 Å². The van der Waals surface area contributed by atoms with E-state index in [2.05, 4.69) is 0 Å². The zero-order chi connectivity index (χ0) is 7.07. The van der Waals surface area contributed by atoms with Crippen molar-refractivity contribution in [2.75, 3.05) is 7.11 Å². The molecule has 0 aliphatic heterocycles. The Kier molecular flexibility index (Phi) is 1.35. The first-order valence-corrected chi connectivity index (χ1v) is 3.15. The quantitative estimate of drug-likeness (QED) is 0.526. The molecule has 0 saturated heterocycles. The molecule has 0 spiro atoms. The number of methoxy groups -OCH3 is 1. The van der Waals surface area contributed by atoms with E-state index in [1.54, 1.807) is 7.11 Å². The third-order valence-electron chi connectivity index (χ3n) is 2.18. The molecule has 1 aliphatic carbocycles. The SMILES string of the molecule is COC1CC(=O)C1(C)C. The summed E-state index contributed by atoms with van der Waals surface area (Å²) in [7, 11) is 1.65. The molecule has 0 heterocycles. The van der Waals surface area contributed by atoms with Crippen LogP contribution in [0.3, 0.4) is 0 Å². The molecular weight excluding hydrogens is 116 g/mol. The maximum atomic E-state index is 10.8. The lowest BCUT2D eigenvalue weighted by Gasteiger charge is -2.40. The lowest BCUT2D eigenvalue weighted by atomic mass is 9.68. The molecule has 1 saturated carbocycles. The van der Waals surface area contributed by atoms with Crippen molar-refractivity contribution in [3.8, 4) is 0 Å². The van der Waals surface area contributed by atoms with Gasteiger partial charge < -0.3 is 4.74 Å². The zero-order valence-corrected chi connectivity index (χ0v) is 6.10. The summed E-state index contributed by atoms with van der Waals surface area (Å²) >= 11 is 0. The summed E-state index contributed by atoms with van der Waals surface area (Å²) in [4.78, 5) is 10.8. The molecule has 2 nitrogen and oxygen atoms in total. The molecule has 0 amide bonds. The fraction of sp³-hybridized carbons (Fsp3) is 0.857. The van der Waals surface area contributed by atoms with Gasteiger partial charge in [0.15, 0.2) is 0 Å². The van der Waals surface area contributed by atoms with Gasteiger partial charge in [-0.1, -0.05) is 13.8 Å². The number of rotatable bonds is 1. The van der Waals surface area contributed by atoms with E-state index in [1.165, 1.54) is 0 Å². The van der Waals surface area contributed by atoms with Crippen molar-refractivity contribution in [3.63, 3.8) is 0 Å². The minimum absolute atomic E-state index is 0.157. The number of carbonyl (C=O) groups excluding carboxylic acids is 1. The maximum absolute atomic E-state index is 10.8. The van der Waals surface area contributed by atoms with Gasteiger partial charge in [0, 0.05) is 13.5 Å². The first-order valence-electron chi connectivity index (χ1n) is 3.15. The normalized spacial score (nSPS) is 31.9. The fourth-order valence-electron chi connectivity index (χ4n) is 1.11. The number of hydrogen-bond acceptors (Lipinski definition) is 2. The van der Waals surface area contributed by atoms with Crippen molar-refractivity contribution in [1.82, 2.24) is 0 Å². The van der Waals surface area contributed by atoms with Crippen molar-refractivity contribution < 1.29 is 9.53 Å². The van der Waals surface area contributed by atoms with E-state index in [0.29, 0.717) is 12.2 Å². The van der Waals surface area contributed by atoms with Crippen molar-refractivity contribution in [1.29, 1.82) is 0 Å². The monoisotopic (exact) mass is 128 g/mol. The Balaban J connectivity index is 2.58. The van der Waals surface area contributed by atoms with Gasteiger partial charge in [-0.15, -0.1) is 0 Å². The molecule has 1 rings (SSSR count). The molecule has 1 aliphatic rings. The van der Waals surface area contributed by atoms with Crippen LogP contribution in [0.2, 0.25) is 0 Å². The van der Waals surface area contributed by atoms with Crippen molar-refractivity contribution in [3.05, 3.63) is 0 Å². The molecule has 52 valence electrons. The van der Waals surface area contributed by atoms with E-state index in [-0.39, 0.29) is 11.5 Å². The predicted molar refractivity (Wildman–Crippen MR) is 34.2 cm³/mol. The van der Waals surface area contributed by atoms with Gasteiger partial charge in [-0.25, -0.2) is 0 Å². The van der Waals surface area contributed by atoms with Gasteiger partial charge in [0.05, 0.1) is 11.5 Å². The standard InChI is InChI=1S/C7H12O2/c1-7(2)5(8)4-6(7)9-3/h6H,4H2,1-3H3. The molecule has 0 radical (unpaired) electrons. The van der Waals surface area contributed by atoms with Crippen LogP contribution in [0.15, 0.2) is 0 Å². The molecule has 0 aromatic carbocycles. The summed E-state index contributed by atoms with van der Waals surface area (Å²) in [5.41, 5.74) is -0.214. The molecule has 1 fully saturated rings. The fourth-order valence-corrected chi connectivity index (χ4v) is 1.11. The van der Waals surface area contributed by atoms with Gasteiger partial charge in [-0.3, -0.25) is 4.79 Å². The van der Waals surface area contributed by atoms with Crippen molar-refractivity contribution >= 4 is 5.78 Å². The summed E-state index contributed by atoms with van der Waals surface area (Å²) in [6.45, 7) is 3.85. The molecule has 2 heteroatoms. The van der Waals surface area contributed by atoms with Gasteiger partial charge in [0.2, 0.25) is 0 Å². The largest absolute Gasteiger partial charge is 0.380 e. The van der Waals surface area contributed by atoms with Gasteiger partial charge in [0.25, 0.3) is 0 Å². The second kappa shape index (κ2) is 1.81. The van der Waals surface area contributed by atoms with E-state index in [4.69, 9.17) is 4.74 Å². The number of Topliss-reactive ketones (excluding diaryl/α,β-unsaturated/α-hetero) is 1. The summed E-state index contributed by atoms with van der Waals surface area (Å²) in [5.74, 6) is 0.314. The molecule has 0 aromatic heterocycles. The van der Waals surface area contributed by atoms with Crippen LogP contribution in [-0.4, -0.2) is 19.0 Å². The lowest BCUT2D eigenvalue weighted by Crippen LogP contribution is -2.50. The average molecular weight is 128 g/mol. The zero-order valence-electron chi connectivity index (χ0n) is 6.10. The number of carbonyl (C=O) groups is 1. The van der Waals surface area contributed by atoms with Crippen LogP contribution in [0.25, 0.3) is 0 Å². The third-order valence-corrected chi connectivity index (χ3v) is 2.18. The van der Waals surface area contributed by atoms with E-state index < -0.39 is 0 Å². The van der Waals surface area contributed by atoms with E-state index in [9.17, 15) is 4.79 Å². The first kappa shape index (κ1) is 6.75. The summed E-state index contributed by atoms with van der Waals surface area (Å²) in [5, 5.41) is 0. The Labute approximate surface area is 55.2 Å². The van der Waals surface area contributed by atoms with E-state index in [0.717, 1.165) is 0 Å². The van der Waals surface area contributed by atoms with Crippen molar-refractivity contribution in [2.45, 2.75) is 26.4 Å². The van der Waals surface area contributed by atoms with Crippen LogP contribution >= 0.6 is 0 Å². The Morgan fingerprint density at radius 3 is 2.33 bits per heavy atom. The second-order valence-electron chi connectivity index (χ2n) is 3.07. The topological polar surface area (TPSA) is 26.3 Å². The average Bonchev–Trinajstić information content (AvgIpc) is 1.82. The van der Waals surface area contributed by atoms with Crippen molar-refractivity contribution in [2.24, 2.45) is 5.41 Å². The molecule has 0 bridgehead atoms. The summed E-state index contributed by atoms with van der Waals surface area (Å²) in [6, 6.07) is 0. The highest BCUT2D eigenvalue weighted by Gasteiger charge is 2.47. The van der Waals surface area contributed by atoms with E-state index in [1.807, 2.05) is 13.8 Å².